The Bertz CT molecular complexity index is 120. The molecule has 0 saturated heterocycles. The molecule has 0 amide bonds. The molecule has 0 fully saturated rings. The molecule has 36 valence electrons. The molecule has 0 aliphatic carbocycles. The molecular weight excluding hydrogens is 96.0 g/mol. The zero-order chi connectivity index (χ0) is 5.70. The summed E-state index contributed by atoms with van der Waals surface area (Å²) in [5.74, 6) is 1.13. The van der Waals surface area contributed by atoms with Crippen molar-refractivity contribution in [1.29, 1.82) is 0 Å². The zero-order valence-electron chi connectivity index (χ0n) is 3.38. The average molecular weight is 98.1 g/mol. The fourth-order valence-electron chi connectivity index (χ4n) is 0.0759. The largest absolute Gasteiger partial charge is 0.297 e. The Hall–Kier alpha value is -1.21. The third-order valence-electron chi connectivity index (χ3n) is 0.372. The molecule has 0 aliphatic rings. The standard InChI is InChI=1S/C4H2O3/c5-1-4(2-6)3-7/h1-2H. The van der Waals surface area contributed by atoms with E-state index in [9.17, 15) is 14.4 Å². The highest BCUT2D eigenvalue weighted by Gasteiger charge is 1.85. The molecule has 0 aromatic carbocycles. The molecule has 0 rings (SSSR count). The summed E-state index contributed by atoms with van der Waals surface area (Å²) in [6.07, 6.45) is 0.306. The minimum atomic E-state index is -0.486. The van der Waals surface area contributed by atoms with Gasteiger partial charge in [-0.3, -0.25) is 9.59 Å². The SMILES string of the molecule is O=C=C(C=O)C=O. The second kappa shape index (κ2) is 3.00. The summed E-state index contributed by atoms with van der Waals surface area (Å²) in [4.78, 5) is 28.2. The fraction of sp³-hybridized carbons (Fsp3) is 0. The molecule has 3 heteroatoms. The number of hydrogen-bond donors (Lipinski definition) is 0. The number of carbonyl (C=O) groups excluding carboxylic acids is 3. The van der Waals surface area contributed by atoms with Gasteiger partial charge in [-0.2, -0.15) is 0 Å². The second-order valence-corrected chi connectivity index (χ2v) is 0.793. The molecule has 0 unspecified atom stereocenters. The topological polar surface area (TPSA) is 51.2 Å². The monoisotopic (exact) mass is 98.0 g/mol. The lowest BCUT2D eigenvalue weighted by Gasteiger charge is -1.63. The van der Waals surface area contributed by atoms with Crippen LogP contribution in [0.4, 0.5) is 0 Å². The molecule has 3 nitrogen and oxygen atoms in total. The van der Waals surface area contributed by atoms with Crippen molar-refractivity contribution in [2.45, 2.75) is 0 Å². The first kappa shape index (κ1) is 5.79. The molecular formula is C4H2O3. The Kier molecular flexibility index (Phi) is 2.48. The maximum Gasteiger partial charge on any atom is 0.164 e. The van der Waals surface area contributed by atoms with E-state index < -0.39 is 5.57 Å². The van der Waals surface area contributed by atoms with Crippen LogP contribution in [-0.4, -0.2) is 18.5 Å². The van der Waals surface area contributed by atoms with Crippen molar-refractivity contribution in [1.82, 2.24) is 0 Å². The molecule has 0 aromatic heterocycles. The van der Waals surface area contributed by atoms with Gasteiger partial charge in [-0.1, -0.05) is 0 Å². The van der Waals surface area contributed by atoms with Gasteiger partial charge in [0.2, 0.25) is 0 Å². The first-order valence-electron chi connectivity index (χ1n) is 1.50. The Morgan fingerprint density at radius 3 is 1.71 bits per heavy atom. The van der Waals surface area contributed by atoms with E-state index in [2.05, 4.69) is 0 Å². The molecule has 0 heterocycles. The summed E-state index contributed by atoms with van der Waals surface area (Å²) >= 11 is 0. The predicted molar refractivity (Wildman–Crippen MR) is 21.3 cm³/mol. The van der Waals surface area contributed by atoms with Gasteiger partial charge in [-0.25, -0.2) is 4.79 Å². The molecule has 0 saturated carbocycles. The summed E-state index contributed by atoms with van der Waals surface area (Å²) in [5, 5.41) is 0. The van der Waals surface area contributed by atoms with Crippen molar-refractivity contribution < 1.29 is 14.4 Å². The van der Waals surface area contributed by atoms with Gasteiger partial charge in [0.1, 0.15) is 11.5 Å². The number of carbonyl (C=O) groups is 2. The zero-order valence-corrected chi connectivity index (χ0v) is 3.38. The summed E-state index contributed by atoms with van der Waals surface area (Å²) in [6.45, 7) is 0. The van der Waals surface area contributed by atoms with Gasteiger partial charge in [0.25, 0.3) is 0 Å². The van der Waals surface area contributed by atoms with E-state index in [4.69, 9.17) is 0 Å². The molecule has 0 aromatic rings. The van der Waals surface area contributed by atoms with E-state index in [0.29, 0.717) is 0 Å². The maximum absolute atomic E-state index is 9.44. The van der Waals surface area contributed by atoms with Crippen LogP contribution in [0.5, 0.6) is 0 Å². The highest BCUT2D eigenvalue weighted by atomic mass is 16.1. The van der Waals surface area contributed by atoms with E-state index >= 15 is 0 Å². The van der Waals surface area contributed by atoms with E-state index in [1.54, 1.807) is 0 Å². The summed E-state index contributed by atoms with van der Waals surface area (Å²) in [5.41, 5.74) is -0.486. The Morgan fingerprint density at radius 2 is 1.71 bits per heavy atom. The molecule has 0 bridgehead atoms. The van der Waals surface area contributed by atoms with Gasteiger partial charge in [0.05, 0.1) is 0 Å². The van der Waals surface area contributed by atoms with Crippen molar-refractivity contribution in [2.24, 2.45) is 0 Å². The summed E-state index contributed by atoms with van der Waals surface area (Å²) in [7, 11) is 0. The van der Waals surface area contributed by atoms with Crippen LogP contribution in [0.1, 0.15) is 0 Å². The van der Waals surface area contributed by atoms with Crippen molar-refractivity contribution in [2.75, 3.05) is 0 Å². The number of aldehydes is 2. The number of hydrogen-bond acceptors (Lipinski definition) is 3. The lowest BCUT2D eigenvalue weighted by molar-refractivity contribution is -0.109. The van der Waals surface area contributed by atoms with Gasteiger partial charge in [0.15, 0.2) is 12.6 Å². The van der Waals surface area contributed by atoms with Gasteiger partial charge in [-0.05, 0) is 0 Å². The third kappa shape index (κ3) is 1.63. The summed E-state index contributed by atoms with van der Waals surface area (Å²) < 4.78 is 0. The lowest BCUT2D eigenvalue weighted by Crippen LogP contribution is -1.83. The Balaban J connectivity index is 4.14. The highest BCUT2D eigenvalue weighted by Crippen LogP contribution is 1.66. The van der Waals surface area contributed by atoms with Gasteiger partial charge in [-0.15, -0.1) is 0 Å². The lowest BCUT2D eigenvalue weighted by atomic mass is 10.4. The van der Waals surface area contributed by atoms with Crippen LogP contribution in [0, 0.1) is 0 Å². The quantitative estimate of drug-likeness (QED) is 0.148. The van der Waals surface area contributed by atoms with E-state index in [0.717, 1.165) is 5.94 Å². The van der Waals surface area contributed by atoms with Crippen LogP contribution in [-0.2, 0) is 14.4 Å². The number of allylic oxidation sites excluding steroid dienone is 1. The first-order chi connectivity index (χ1) is 3.35. The highest BCUT2D eigenvalue weighted by molar-refractivity contribution is 6.07. The van der Waals surface area contributed by atoms with Crippen LogP contribution in [0.15, 0.2) is 5.57 Å². The smallest absolute Gasteiger partial charge is 0.164 e. The Morgan fingerprint density at radius 1 is 1.29 bits per heavy atom. The van der Waals surface area contributed by atoms with E-state index in [1.807, 2.05) is 0 Å². The average Bonchev–Trinajstić information content (AvgIpc) is 1.72. The van der Waals surface area contributed by atoms with E-state index in [-0.39, 0.29) is 12.6 Å². The van der Waals surface area contributed by atoms with Crippen molar-refractivity contribution in [3.63, 3.8) is 0 Å². The molecule has 0 atom stereocenters. The fourth-order valence-corrected chi connectivity index (χ4v) is 0.0759. The second-order valence-electron chi connectivity index (χ2n) is 0.793. The van der Waals surface area contributed by atoms with Crippen LogP contribution < -0.4 is 0 Å². The third-order valence-corrected chi connectivity index (χ3v) is 0.372. The van der Waals surface area contributed by atoms with Crippen LogP contribution in [0.2, 0.25) is 0 Å². The number of rotatable bonds is 2. The van der Waals surface area contributed by atoms with Gasteiger partial charge < -0.3 is 0 Å². The molecule has 7 heavy (non-hydrogen) atoms. The molecule has 0 spiro atoms. The van der Waals surface area contributed by atoms with Crippen LogP contribution in [0.25, 0.3) is 0 Å². The van der Waals surface area contributed by atoms with E-state index in [1.165, 1.54) is 0 Å². The van der Waals surface area contributed by atoms with Crippen molar-refractivity contribution in [3.8, 4) is 0 Å². The molecule has 0 radical (unpaired) electrons. The van der Waals surface area contributed by atoms with Crippen molar-refractivity contribution >= 4 is 18.5 Å². The summed E-state index contributed by atoms with van der Waals surface area (Å²) in [6, 6.07) is 0. The van der Waals surface area contributed by atoms with Gasteiger partial charge >= 0.3 is 0 Å². The van der Waals surface area contributed by atoms with Gasteiger partial charge in [0, 0.05) is 0 Å². The van der Waals surface area contributed by atoms with Crippen LogP contribution in [0.3, 0.4) is 0 Å². The molecule has 0 aliphatic heterocycles. The normalized spacial score (nSPS) is 6.29. The minimum absolute atomic E-state index is 0.153. The minimum Gasteiger partial charge on any atom is -0.297 e. The van der Waals surface area contributed by atoms with Crippen LogP contribution >= 0.6 is 0 Å². The first-order valence-corrected chi connectivity index (χ1v) is 1.50. The predicted octanol–water partition coefficient (Wildman–Crippen LogP) is -0.858. The maximum atomic E-state index is 9.44. The van der Waals surface area contributed by atoms with Crippen molar-refractivity contribution in [3.05, 3.63) is 5.57 Å². The molecule has 0 N–H and O–H groups in total. The Labute approximate surface area is 39.6 Å².